The molecule has 8 heteroatoms. The fourth-order valence-electron chi connectivity index (χ4n) is 3.60. The highest BCUT2D eigenvalue weighted by Crippen LogP contribution is 2.28. The van der Waals surface area contributed by atoms with E-state index in [1.54, 1.807) is 6.20 Å². The number of hydrogen-bond acceptors (Lipinski definition) is 6. The Morgan fingerprint density at radius 1 is 1.23 bits per heavy atom. The summed E-state index contributed by atoms with van der Waals surface area (Å²) in [4.78, 5) is 19.2. The standard InChI is InChI=1S/C23H29N5O3/c1-16-13-17(5-6-18(16)14-24-22(29)31-23(2,3)4)21-19-7-8-25-28(19)15-20(26-21)27-9-11-30-12-10-27/h5-8,13,15H,9-12,14H2,1-4H3,(H,24,29). The summed E-state index contributed by atoms with van der Waals surface area (Å²) >= 11 is 0. The number of morpholine rings is 1. The lowest BCUT2D eigenvalue weighted by atomic mass is 10.0. The molecule has 0 bridgehead atoms. The minimum absolute atomic E-state index is 0.407. The lowest BCUT2D eigenvalue weighted by Gasteiger charge is -2.28. The van der Waals surface area contributed by atoms with Crippen molar-refractivity contribution in [3.05, 3.63) is 47.8 Å². The molecule has 1 amide bonds. The van der Waals surface area contributed by atoms with E-state index in [1.807, 2.05) is 56.6 Å². The van der Waals surface area contributed by atoms with E-state index in [2.05, 4.69) is 21.4 Å². The third-order valence-electron chi connectivity index (χ3n) is 5.15. The molecule has 2 aromatic heterocycles. The van der Waals surface area contributed by atoms with E-state index in [0.29, 0.717) is 19.8 Å². The van der Waals surface area contributed by atoms with Gasteiger partial charge in [0, 0.05) is 25.2 Å². The van der Waals surface area contributed by atoms with E-state index in [0.717, 1.165) is 46.8 Å². The van der Waals surface area contributed by atoms with Gasteiger partial charge < -0.3 is 19.7 Å². The van der Waals surface area contributed by atoms with Crippen LogP contribution in [0.25, 0.3) is 16.8 Å². The van der Waals surface area contributed by atoms with Crippen LogP contribution in [-0.2, 0) is 16.0 Å². The molecule has 1 aliphatic rings. The Labute approximate surface area is 182 Å². The summed E-state index contributed by atoms with van der Waals surface area (Å²) in [7, 11) is 0. The van der Waals surface area contributed by atoms with Crippen molar-refractivity contribution in [1.82, 2.24) is 19.9 Å². The third kappa shape index (κ3) is 4.96. The molecule has 8 nitrogen and oxygen atoms in total. The van der Waals surface area contributed by atoms with Crippen molar-refractivity contribution in [3.8, 4) is 11.3 Å². The average Bonchev–Trinajstić information content (AvgIpc) is 3.20. The van der Waals surface area contributed by atoms with Gasteiger partial charge in [-0.1, -0.05) is 12.1 Å². The van der Waals surface area contributed by atoms with E-state index < -0.39 is 11.7 Å². The Morgan fingerprint density at radius 3 is 2.71 bits per heavy atom. The van der Waals surface area contributed by atoms with Gasteiger partial charge in [-0.3, -0.25) is 0 Å². The number of benzene rings is 1. The van der Waals surface area contributed by atoms with Gasteiger partial charge in [0.15, 0.2) is 0 Å². The van der Waals surface area contributed by atoms with Crippen LogP contribution < -0.4 is 10.2 Å². The Balaban J connectivity index is 1.59. The first-order valence-electron chi connectivity index (χ1n) is 10.5. The Morgan fingerprint density at radius 2 is 2.00 bits per heavy atom. The Hall–Kier alpha value is -3.13. The van der Waals surface area contributed by atoms with Crippen molar-refractivity contribution in [3.63, 3.8) is 0 Å². The molecule has 0 spiro atoms. The molecular formula is C23H29N5O3. The van der Waals surface area contributed by atoms with Crippen LogP contribution in [0.2, 0.25) is 0 Å². The maximum Gasteiger partial charge on any atom is 0.407 e. The number of carbonyl (C=O) groups excluding carboxylic acids is 1. The first kappa shape index (κ1) is 21.1. The lowest BCUT2D eigenvalue weighted by molar-refractivity contribution is 0.0523. The third-order valence-corrected chi connectivity index (χ3v) is 5.15. The van der Waals surface area contributed by atoms with Crippen molar-refractivity contribution in [2.45, 2.75) is 39.8 Å². The van der Waals surface area contributed by atoms with Crippen LogP contribution >= 0.6 is 0 Å². The number of carbonyl (C=O) groups is 1. The zero-order chi connectivity index (χ0) is 22.0. The van der Waals surface area contributed by atoms with Crippen molar-refractivity contribution >= 4 is 17.4 Å². The zero-order valence-electron chi connectivity index (χ0n) is 18.5. The van der Waals surface area contributed by atoms with Gasteiger partial charge >= 0.3 is 6.09 Å². The highest BCUT2D eigenvalue weighted by molar-refractivity contribution is 5.78. The predicted molar refractivity (Wildman–Crippen MR) is 119 cm³/mol. The van der Waals surface area contributed by atoms with E-state index in [-0.39, 0.29) is 0 Å². The second kappa shape index (κ2) is 8.55. The van der Waals surface area contributed by atoms with Crippen LogP contribution in [0, 0.1) is 6.92 Å². The summed E-state index contributed by atoms with van der Waals surface area (Å²) in [6, 6.07) is 8.14. The maximum absolute atomic E-state index is 12.0. The number of rotatable bonds is 4. The molecule has 0 aliphatic carbocycles. The van der Waals surface area contributed by atoms with Crippen LogP contribution in [0.15, 0.2) is 36.7 Å². The van der Waals surface area contributed by atoms with Crippen molar-refractivity contribution in [1.29, 1.82) is 0 Å². The molecule has 4 rings (SSSR count). The number of nitrogens with one attached hydrogen (secondary N) is 1. The molecule has 1 N–H and O–H groups in total. The minimum atomic E-state index is -0.517. The van der Waals surface area contributed by atoms with E-state index in [1.165, 1.54) is 0 Å². The van der Waals surface area contributed by atoms with Gasteiger partial charge in [-0.25, -0.2) is 14.3 Å². The average molecular weight is 424 g/mol. The molecule has 0 radical (unpaired) electrons. The molecule has 3 aromatic rings. The molecule has 0 unspecified atom stereocenters. The molecule has 1 aromatic carbocycles. The van der Waals surface area contributed by atoms with E-state index in [4.69, 9.17) is 14.5 Å². The number of hydrogen-bond donors (Lipinski definition) is 1. The van der Waals surface area contributed by atoms with Crippen LogP contribution in [0.3, 0.4) is 0 Å². The number of amides is 1. The van der Waals surface area contributed by atoms with Crippen LogP contribution in [-0.4, -0.2) is 52.6 Å². The number of anilines is 1. The van der Waals surface area contributed by atoms with E-state index in [9.17, 15) is 4.79 Å². The van der Waals surface area contributed by atoms with Gasteiger partial charge in [0.1, 0.15) is 11.4 Å². The molecule has 1 aliphatic heterocycles. The largest absolute Gasteiger partial charge is 0.444 e. The van der Waals surface area contributed by atoms with Crippen LogP contribution in [0.1, 0.15) is 31.9 Å². The second-order valence-electron chi connectivity index (χ2n) is 8.70. The van der Waals surface area contributed by atoms with Crippen molar-refractivity contribution in [2.75, 3.05) is 31.2 Å². The monoisotopic (exact) mass is 423 g/mol. The summed E-state index contributed by atoms with van der Waals surface area (Å²) in [5.74, 6) is 0.892. The molecule has 0 saturated carbocycles. The summed E-state index contributed by atoms with van der Waals surface area (Å²) in [5.41, 5.74) is 4.44. The topological polar surface area (TPSA) is 81.0 Å². The highest BCUT2D eigenvalue weighted by atomic mass is 16.6. The summed E-state index contributed by atoms with van der Waals surface area (Å²) in [6.07, 6.45) is 3.34. The summed E-state index contributed by atoms with van der Waals surface area (Å²) in [6.45, 7) is 11.0. The normalized spacial score (nSPS) is 14.6. The quantitative estimate of drug-likeness (QED) is 0.691. The molecule has 0 atom stereocenters. The molecule has 31 heavy (non-hydrogen) atoms. The highest BCUT2D eigenvalue weighted by Gasteiger charge is 2.18. The second-order valence-corrected chi connectivity index (χ2v) is 8.70. The number of ether oxygens (including phenoxy) is 2. The zero-order valence-corrected chi connectivity index (χ0v) is 18.5. The lowest BCUT2D eigenvalue weighted by Crippen LogP contribution is -2.37. The molecule has 164 valence electrons. The summed E-state index contributed by atoms with van der Waals surface area (Å²) < 4.78 is 12.7. The minimum Gasteiger partial charge on any atom is -0.444 e. The van der Waals surface area contributed by atoms with Gasteiger partial charge in [0.2, 0.25) is 0 Å². The first-order valence-corrected chi connectivity index (χ1v) is 10.5. The number of nitrogens with zero attached hydrogens (tertiary/aromatic N) is 4. The SMILES string of the molecule is Cc1cc(-c2nc(N3CCOCC3)cn3nccc23)ccc1CNC(=O)OC(C)(C)C. The molecular weight excluding hydrogens is 394 g/mol. The van der Waals surface area contributed by atoms with Crippen molar-refractivity contribution < 1.29 is 14.3 Å². The number of fused-ring (bicyclic) bond motifs is 1. The fourth-order valence-corrected chi connectivity index (χ4v) is 3.60. The first-order chi connectivity index (χ1) is 14.8. The van der Waals surface area contributed by atoms with Gasteiger partial charge in [0.05, 0.1) is 36.8 Å². The van der Waals surface area contributed by atoms with Crippen molar-refractivity contribution in [2.24, 2.45) is 0 Å². The Kier molecular flexibility index (Phi) is 5.82. The number of alkyl carbamates (subject to hydrolysis) is 1. The molecule has 3 heterocycles. The van der Waals surface area contributed by atoms with E-state index >= 15 is 0 Å². The van der Waals surface area contributed by atoms with Crippen LogP contribution in [0.4, 0.5) is 10.6 Å². The van der Waals surface area contributed by atoms with Gasteiger partial charge in [-0.2, -0.15) is 5.10 Å². The van der Waals surface area contributed by atoms with Crippen LogP contribution in [0.5, 0.6) is 0 Å². The fraction of sp³-hybridized carbons (Fsp3) is 0.435. The maximum atomic E-state index is 12.0. The number of aromatic nitrogens is 3. The number of aryl methyl sites for hydroxylation is 1. The smallest absolute Gasteiger partial charge is 0.407 e. The van der Waals surface area contributed by atoms with Gasteiger partial charge in [-0.05, 0) is 51.0 Å². The molecule has 1 saturated heterocycles. The van der Waals surface area contributed by atoms with Gasteiger partial charge in [0.25, 0.3) is 0 Å². The molecule has 1 fully saturated rings. The predicted octanol–water partition coefficient (Wildman–Crippen LogP) is 3.57. The Bertz CT molecular complexity index is 1080. The summed E-state index contributed by atoms with van der Waals surface area (Å²) in [5, 5.41) is 7.26. The van der Waals surface area contributed by atoms with Gasteiger partial charge in [-0.15, -0.1) is 0 Å².